The van der Waals surface area contributed by atoms with Crippen molar-refractivity contribution in [2.24, 2.45) is 0 Å². The number of hydrogen-bond donors (Lipinski definition) is 2. The highest BCUT2D eigenvalue weighted by molar-refractivity contribution is 5.97. The van der Waals surface area contributed by atoms with Crippen LogP contribution in [0.5, 0.6) is 5.75 Å². The molecule has 34 heavy (non-hydrogen) atoms. The maximum absolute atomic E-state index is 13.2. The molecule has 1 heterocycles. The van der Waals surface area contributed by atoms with Crippen LogP contribution in [0.2, 0.25) is 0 Å². The minimum Gasteiger partial charge on any atom is -0.507 e. The van der Waals surface area contributed by atoms with Crippen LogP contribution >= 0.6 is 0 Å². The molecule has 0 spiro atoms. The Labute approximate surface area is 199 Å². The summed E-state index contributed by atoms with van der Waals surface area (Å²) in [7, 11) is 0. The topological polar surface area (TPSA) is 65.5 Å². The zero-order chi connectivity index (χ0) is 23.1. The summed E-state index contributed by atoms with van der Waals surface area (Å²) in [5.74, 6) is -0.0779. The molecule has 5 nitrogen and oxygen atoms in total. The lowest BCUT2D eigenvalue weighted by molar-refractivity contribution is 0.0727. The molecule has 0 aliphatic heterocycles. The standard InChI is InChI=1S/C29H27N3O2/c33-28-7-2-1-6-24(28)29(34)32(23-11-12-23)18-19-4-3-5-20(16-19)21-8-13-26-25(17-21)27(14-15-30-26)31-22-9-10-22/h1-8,13-17,22-23,33H,9-12,18H2,(H,30,31). The molecule has 5 heteroatoms. The van der Waals surface area contributed by atoms with Crippen molar-refractivity contribution in [1.82, 2.24) is 9.88 Å². The maximum atomic E-state index is 13.2. The monoisotopic (exact) mass is 449 g/mol. The van der Waals surface area contributed by atoms with Crippen LogP contribution < -0.4 is 5.32 Å². The van der Waals surface area contributed by atoms with E-state index in [1.165, 1.54) is 12.8 Å². The van der Waals surface area contributed by atoms with Gasteiger partial charge in [0, 0.05) is 35.9 Å². The minimum atomic E-state index is -0.112. The third kappa shape index (κ3) is 4.21. The number of pyridine rings is 1. The second-order valence-corrected chi connectivity index (χ2v) is 9.39. The molecule has 4 aromatic rings. The highest BCUT2D eigenvalue weighted by atomic mass is 16.3. The summed E-state index contributed by atoms with van der Waals surface area (Å²) in [5.41, 5.74) is 5.81. The van der Waals surface area contributed by atoms with Crippen LogP contribution in [-0.4, -0.2) is 33.0 Å². The number of hydrogen-bond acceptors (Lipinski definition) is 4. The Bertz CT molecular complexity index is 1370. The third-order valence-electron chi connectivity index (χ3n) is 6.67. The molecule has 1 amide bonds. The van der Waals surface area contributed by atoms with Gasteiger partial charge in [0.1, 0.15) is 5.75 Å². The fourth-order valence-electron chi connectivity index (χ4n) is 4.51. The molecule has 0 bridgehead atoms. The highest BCUT2D eigenvalue weighted by Gasteiger charge is 2.34. The molecule has 6 rings (SSSR count). The summed E-state index contributed by atoms with van der Waals surface area (Å²) >= 11 is 0. The number of phenolic OH excluding ortho intramolecular Hbond substituents is 1. The van der Waals surface area contributed by atoms with Gasteiger partial charge < -0.3 is 15.3 Å². The molecule has 0 unspecified atom stereocenters. The first-order chi connectivity index (χ1) is 16.7. The zero-order valence-corrected chi connectivity index (χ0v) is 18.9. The van der Waals surface area contributed by atoms with Crippen molar-refractivity contribution in [3.05, 3.63) is 90.1 Å². The zero-order valence-electron chi connectivity index (χ0n) is 18.9. The molecule has 0 atom stereocenters. The van der Waals surface area contributed by atoms with Gasteiger partial charge >= 0.3 is 0 Å². The first-order valence-electron chi connectivity index (χ1n) is 12.0. The summed E-state index contributed by atoms with van der Waals surface area (Å²) in [6.07, 6.45) is 6.33. The van der Waals surface area contributed by atoms with Crippen LogP contribution in [0.3, 0.4) is 0 Å². The minimum absolute atomic E-state index is 0.0345. The number of nitrogens with one attached hydrogen (secondary N) is 1. The van der Waals surface area contributed by atoms with Gasteiger partial charge in [0.25, 0.3) is 5.91 Å². The number of anilines is 1. The molecule has 2 aliphatic carbocycles. The van der Waals surface area contributed by atoms with Gasteiger partial charge in [0.05, 0.1) is 11.1 Å². The third-order valence-corrected chi connectivity index (χ3v) is 6.67. The van der Waals surface area contributed by atoms with Crippen molar-refractivity contribution in [2.75, 3.05) is 5.32 Å². The first kappa shape index (κ1) is 20.7. The maximum Gasteiger partial charge on any atom is 0.258 e. The van der Waals surface area contributed by atoms with Crippen molar-refractivity contribution < 1.29 is 9.90 Å². The Kier molecular flexibility index (Phi) is 5.17. The van der Waals surface area contributed by atoms with E-state index in [1.807, 2.05) is 11.1 Å². The van der Waals surface area contributed by atoms with E-state index in [2.05, 4.69) is 58.8 Å². The lowest BCUT2D eigenvalue weighted by Crippen LogP contribution is -2.32. The van der Waals surface area contributed by atoms with E-state index in [4.69, 9.17) is 0 Å². The summed E-state index contributed by atoms with van der Waals surface area (Å²) in [6, 6.07) is 24.5. The van der Waals surface area contributed by atoms with E-state index < -0.39 is 0 Å². The van der Waals surface area contributed by atoms with E-state index in [1.54, 1.807) is 24.3 Å². The van der Waals surface area contributed by atoms with Crippen LogP contribution in [0.4, 0.5) is 5.69 Å². The predicted octanol–water partition coefficient (Wildman–Crippen LogP) is 5.99. The second-order valence-electron chi connectivity index (χ2n) is 9.39. The molecule has 3 aromatic carbocycles. The summed E-state index contributed by atoms with van der Waals surface area (Å²) in [4.78, 5) is 19.7. The van der Waals surface area contributed by atoms with Gasteiger partial charge in [-0.25, -0.2) is 0 Å². The average molecular weight is 450 g/mol. The number of aromatic nitrogens is 1. The van der Waals surface area contributed by atoms with Crippen LogP contribution in [-0.2, 0) is 6.54 Å². The number of amides is 1. The molecule has 0 saturated heterocycles. The summed E-state index contributed by atoms with van der Waals surface area (Å²) in [6.45, 7) is 0.523. The van der Waals surface area contributed by atoms with Crippen LogP contribution in [0, 0.1) is 0 Å². The van der Waals surface area contributed by atoms with Crippen LogP contribution in [0.25, 0.3) is 22.0 Å². The Morgan fingerprint density at radius 3 is 2.56 bits per heavy atom. The quantitative estimate of drug-likeness (QED) is 0.364. The number of carbonyl (C=O) groups is 1. The van der Waals surface area contributed by atoms with Gasteiger partial charge in [-0.05, 0) is 78.8 Å². The van der Waals surface area contributed by atoms with Gasteiger partial charge in [-0.3, -0.25) is 9.78 Å². The van der Waals surface area contributed by atoms with Crippen molar-refractivity contribution in [1.29, 1.82) is 0 Å². The predicted molar refractivity (Wildman–Crippen MR) is 135 cm³/mol. The van der Waals surface area contributed by atoms with E-state index in [0.717, 1.165) is 46.1 Å². The largest absolute Gasteiger partial charge is 0.507 e. The Morgan fingerprint density at radius 2 is 1.76 bits per heavy atom. The van der Waals surface area contributed by atoms with Gasteiger partial charge in [0.2, 0.25) is 0 Å². The summed E-state index contributed by atoms with van der Waals surface area (Å²) < 4.78 is 0. The van der Waals surface area contributed by atoms with Crippen molar-refractivity contribution in [2.45, 2.75) is 44.3 Å². The van der Waals surface area contributed by atoms with E-state index >= 15 is 0 Å². The lowest BCUT2D eigenvalue weighted by atomic mass is 10.00. The number of benzene rings is 3. The van der Waals surface area contributed by atoms with Crippen molar-refractivity contribution in [3.63, 3.8) is 0 Å². The summed E-state index contributed by atoms with van der Waals surface area (Å²) in [5, 5.41) is 15.0. The molecule has 170 valence electrons. The van der Waals surface area contributed by atoms with Crippen molar-refractivity contribution in [3.8, 4) is 16.9 Å². The van der Waals surface area contributed by atoms with Crippen LogP contribution in [0.1, 0.15) is 41.6 Å². The highest BCUT2D eigenvalue weighted by Crippen LogP contribution is 2.34. The second kappa shape index (κ2) is 8.49. The van der Waals surface area contributed by atoms with E-state index in [9.17, 15) is 9.90 Å². The average Bonchev–Trinajstić information content (AvgIpc) is 3.78. The number of phenols is 1. The molecule has 2 fully saturated rings. The number of carbonyl (C=O) groups excluding carboxylic acids is 1. The Morgan fingerprint density at radius 1 is 0.941 bits per heavy atom. The number of aromatic hydroxyl groups is 1. The van der Waals surface area contributed by atoms with E-state index in [-0.39, 0.29) is 17.7 Å². The smallest absolute Gasteiger partial charge is 0.258 e. The van der Waals surface area contributed by atoms with Gasteiger partial charge in [0.15, 0.2) is 0 Å². The van der Waals surface area contributed by atoms with Gasteiger partial charge in [-0.1, -0.05) is 36.4 Å². The molecular formula is C29H27N3O2. The number of para-hydroxylation sites is 1. The Balaban J connectivity index is 1.30. The molecule has 0 radical (unpaired) electrons. The lowest BCUT2D eigenvalue weighted by Gasteiger charge is -2.23. The molecule has 2 aliphatic rings. The Hall–Kier alpha value is -3.86. The fraction of sp³-hybridized carbons (Fsp3) is 0.241. The number of rotatable bonds is 7. The number of nitrogens with zero attached hydrogens (tertiary/aromatic N) is 2. The fourth-order valence-corrected chi connectivity index (χ4v) is 4.51. The molecular weight excluding hydrogens is 422 g/mol. The van der Waals surface area contributed by atoms with Gasteiger partial charge in [-0.15, -0.1) is 0 Å². The first-order valence-corrected chi connectivity index (χ1v) is 12.0. The van der Waals surface area contributed by atoms with Crippen LogP contribution in [0.15, 0.2) is 79.0 Å². The van der Waals surface area contributed by atoms with Crippen molar-refractivity contribution >= 4 is 22.5 Å². The molecule has 1 aromatic heterocycles. The molecule has 2 N–H and O–H groups in total. The molecule has 2 saturated carbocycles. The van der Waals surface area contributed by atoms with Gasteiger partial charge in [-0.2, -0.15) is 0 Å². The SMILES string of the molecule is O=C(c1ccccc1O)N(Cc1cccc(-c2ccc3nccc(NC4CC4)c3c2)c1)C1CC1. The number of fused-ring (bicyclic) bond motifs is 1. The van der Waals surface area contributed by atoms with E-state index in [0.29, 0.717) is 18.2 Å². The normalized spacial score (nSPS) is 15.3.